The fourth-order valence-corrected chi connectivity index (χ4v) is 3.54. The van der Waals surface area contributed by atoms with Gasteiger partial charge < -0.3 is 26.0 Å². The van der Waals surface area contributed by atoms with Crippen LogP contribution in [0.25, 0.3) is 0 Å². The summed E-state index contributed by atoms with van der Waals surface area (Å²) in [4.78, 5) is 44.1. The summed E-state index contributed by atoms with van der Waals surface area (Å²) in [7, 11) is 0. The maximum Gasteiger partial charge on any atom is 0.292 e. The molecule has 5 N–H and O–H groups in total. The third-order valence-electron chi connectivity index (χ3n) is 5.00. The largest absolute Gasteiger partial charge is 0.506 e. The van der Waals surface area contributed by atoms with E-state index < -0.39 is 43.8 Å². The predicted molar refractivity (Wildman–Crippen MR) is 132 cm³/mol. The Morgan fingerprint density at radius 3 is 2.00 bits per heavy atom. The molecule has 1 aliphatic rings. The van der Waals surface area contributed by atoms with Gasteiger partial charge in [-0.15, -0.1) is 0 Å². The maximum absolute atomic E-state index is 11.3. The van der Waals surface area contributed by atoms with Crippen molar-refractivity contribution in [1.29, 1.82) is 0 Å². The second-order valence-corrected chi connectivity index (χ2v) is 8.29. The number of benzene rings is 2. The molecule has 1 saturated heterocycles. The highest BCUT2D eigenvalue weighted by Crippen LogP contribution is 2.35. The van der Waals surface area contributed by atoms with E-state index >= 15 is 0 Å². The van der Waals surface area contributed by atoms with Gasteiger partial charge >= 0.3 is 0 Å². The molecular weight excluding hydrogens is 537 g/mol. The van der Waals surface area contributed by atoms with Crippen LogP contribution in [0.2, 0.25) is 10.0 Å². The standard InChI is InChI=1S/C14H18ClN3O5.C7H5ClN2O4/c15-13-11(18(20)21)8-10(14(16)19)9-12(13)23-5-1-2-17-3-6-22-7-4-17;8-6-4(10(13)14)1-3(7(9)12)2-5(6)11/h8-9H,1-7H2,(H2,16,19);1-2,11H,(H2,9,12). The number of ether oxygens (including phenoxy) is 2. The molecule has 2 amide bonds. The van der Waals surface area contributed by atoms with Gasteiger partial charge in [0.2, 0.25) is 11.8 Å². The first kappa shape index (κ1) is 29.5. The van der Waals surface area contributed by atoms with E-state index in [2.05, 4.69) is 4.90 Å². The number of phenolic OH excluding ortho intramolecular Hbond substituents is 1. The van der Waals surface area contributed by atoms with Crippen molar-refractivity contribution in [2.45, 2.75) is 6.42 Å². The Kier molecular flexibility index (Phi) is 10.8. The molecule has 0 aliphatic carbocycles. The number of primary amides is 2. The molecule has 0 atom stereocenters. The summed E-state index contributed by atoms with van der Waals surface area (Å²) in [5.74, 6) is -2.10. The summed E-state index contributed by atoms with van der Waals surface area (Å²) in [6.45, 7) is 4.36. The lowest BCUT2D eigenvalue weighted by atomic mass is 10.2. The molecule has 1 heterocycles. The van der Waals surface area contributed by atoms with Crippen molar-refractivity contribution < 1.29 is 34.0 Å². The van der Waals surface area contributed by atoms with Gasteiger partial charge in [-0.3, -0.25) is 34.7 Å². The molecule has 200 valence electrons. The summed E-state index contributed by atoms with van der Waals surface area (Å²) >= 11 is 11.4. The normalized spacial score (nSPS) is 13.2. The van der Waals surface area contributed by atoms with E-state index in [4.69, 9.17) is 49.2 Å². The van der Waals surface area contributed by atoms with E-state index in [-0.39, 0.29) is 21.9 Å². The number of amides is 2. The predicted octanol–water partition coefficient (Wildman–Crippen LogP) is 2.50. The lowest BCUT2D eigenvalue weighted by Crippen LogP contribution is -2.37. The van der Waals surface area contributed by atoms with Crippen LogP contribution in [0, 0.1) is 20.2 Å². The smallest absolute Gasteiger partial charge is 0.292 e. The second kappa shape index (κ2) is 13.5. The van der Waals surface area contributed by atoms with Gasteiger partial charge in [-0.1, -0.05) is 23.2 Å². The van der Waals surface area contributed by atoms with Crippen molar-refractivity contribution in [3.63, 3.8) is 0 Å². The van der Waals surface area contributed by atoms with Crippen molar-refractivity contribution in [2.75, 3.05) is 39.5 Å². The highest BCUT2D eigenvalue weighted by atomic mass is 35.5. The molecule has 3 rings (SSSR count). The molecule has 37 heavy (non-hydrogen) atoms. The molecule has 14 nitrogen and oxygen atoms in total. The zero-order chi connectivity index (χ0) is 27.7. The van der Waals surface area contributed by atoms with Crippen molar-refractivity contribution in [2.24, 2.45) is 11.5 Å². The van der Waals surface area contributed by atoms with Gasteiger partial charge in [-0.2, -0.15) is 0 Å². The molecule has 2 aromatic carbocycles. The van der Waals surface area contributed by atoms with E-state index in [0.717, 1.165) is 57.5 Å². The van der Waals surface area contributed by atoms with Crippen molar-refractivity contribution in [3.05, 3.63) is 65.7 Å². The fraction of sp³-hybridized carbons (Fsp3) is 0.333. The fourth-order valence-electron chi connectivity index (χ4n) is 3.13. The highest BCUT2D eigenvalue weighted by molar-refractivity contribution is 6.34. The van der Waals surface area contributed by atoms with Crippen LogP contribution in [0.5, 0.6) is 11.5 Å². The van der Waals surface area contributed by atoms with E-state index in [1.165, 1.54) is 6.07 Å². The number of hydrogen-bond acceptors (Lipinski definition) is 10. The van der Waals surface area contributed by atoms with Crippen LogP contribution < -0.4 is 16.2 Å². The number of nitro groups is 2. The maximum atomic E-state index is 11.3. The van der Waals surface area contributed by atoms with Crippen LogP contribution in [-0.4, -0.2) is 71.1 Å². The van der Waals surface area contributed by atoms with Gasteiger partial charge in [0.1, 0.15) is 11.5 Å². The van der Waals surface area contributed by atoms with Crippen LogP contribution in [-0.2, 0) is 4.74 Å². The summed E-state index contributed by atoms with van der Waals surface area (Å²) in [6, 6.07) is 4.25. The van der Waals surface area contributed by atoms with Crippen LogP contribution in [0.15, 0.2) is 24.3 Å². The average Bonchev–Trinajstić information content (AvgIpc) is 2.84. The number of carbonyl (C=O) groups is 2. The first-order chi connectivity index (χ1) is 17.4. The first-order valence-electron chi connectivity index (χ1n) is 10.6. The third-order valence-corrected chi connectivity index (χ3v) is 5.76. The molecule has 16 heteroatoms. The second-order valence-electron chi connectivity index (χ2n) is 7.53. The van der Waals surface area contributed by atoms with E-state index in [0.29, 0.717) is 6.61 Å². The Hall–Kier alpha value is -3.72. The monoisotopic (exact) mass is 559 g/mol. The van der Waals surface area contributed by atoms with E-state index in [1.807, 2.05) is 0 Å². The van der Waals surface area contributed by atoms with Gasteiger partial charge in [-0.25, -0.2) is 0 Å². The minimum atomic E-state index is -0.875. The number of nitro benzene ring substituents is 2. The third kappa shape index (κ3) is 8.42. The topological polar surface area (TPSA) is 214 Å². The summed E-state index contributed by atoms with van der Waals surface area (Å²) in [6.07, 6.45) is 0.727. The molecule has 0 spiro atoms. The number of nitrogens with two attached hydrogens (primary N) is 2. The quantitative estimate of drug-likeness (QED) is 0.231. The van der Waals surface area contributed by atoms with Crippen LogP contribution in [0.1, 0.15) is 27.1 Å². The SMILES string of the molecule is NC(=O)c1cc(O)c(Cl)c([N+](=O)[O-])c1.NC(=O)c1cc(OCCCN2CCOCC2)c(Cl)c([N+](=O)[O-])c1. The van der Waals surface area contributed by atoms with Crippen LogP contribution >= 0.6 is 23.2 Å². The molecule has 0 radical (unpaired) electrons. The van der Waals surface area contributed by atoms with Crippen molar-refractivity contribution in [1.82, 2.24) is 4.90 Å². The van der Waals surface area contributed by atoms with Crippen LogP contribution in [0.4, 0.5) is 11.4 Å². The number of hydrogen-bond donors (Lipinski definition) is 3. The van der Waals surface area contributed by atoms with Gasteiger partial charge in [-0.05, 0) is 18.6 Å². The van der Waals surface area contributed by atoms with Gasteiger partial charge in [0.05, 0.1) is 29.7 Å². The number of carbonyl (C=O) groups excluding carboxylic acids is 2. The number of aromatic hydroxyl groups is 1. The van der Waals surface area contributed by atoms with Crippen molar-refractivity contribution in [3.8, 4) is 11.5 Å². The Morgan fingerprint density at radius 2 is 1.49 bits per heavy atom. The van der Waals surface area contributed by atoms with Gasteiger partial charge in [0, 0.05) is 42.9 Å². The van der Waals surface area contributed by atoms with E-state index in [9.17, 15) is 29.8 Å². The number of rotatable bonds is 9. The minimum absolute atomic E-state index is 0.00993. The Labute approximate surface area is 219 Å². The molecule has 1 fully saturated rings. The van der Waals surface area contributed by atoms with Crippen molar-refractivity contribution >= 4 is 46.4 Å². The lowest BCUT2D eigenvalue weighted by Gasteiger charge is -2.26. The zero-order valence-electron chi connectivity index (χ0n) is 19.2. The lowest BCUT2D eigenvalue weighted by molar-refractivity contribution is -0.384. The Morgan fingerprint density at radius 1 is 0.973 bits per heavy atom. The Bertz CT molecular complexity index is 1190. The number of morpholine rings is 1. The number of phenols is 1. The molecule has 0 bridgehead atoms. The summed E-state index contributed by atoms with van der Waals surface area (Å²) in [5, 5.41) is 30.0. The minimum Gasteiger partial charge on any atom is -0.506 e. The molecule has 0 unspecified atom stereocenters. The van der Waals surface area contributed by atoms with E-state index in [1.54, 1.807) is 0 Å². The summed E-state index contributed by atoms with van der Waals surface area (Å²) < 4.78 is 10.8. The molecule has 1 aliphatic heterocycles. The first-order valence-corrected chi connectivity index (χ1v) is 11.3. The van der Waals surface area contributed by atoms with Crippen LogP contribution in [0.3, 0.4) is 0 Å². The average molecular weight is 560 g/mol. The molecular formula is C21H23Cl2N5O9. The number of halogens is 2. The number of nitrogens with zero attached hydrogens (tertiary/aromatic N) is 3. The van der Waals surface area contributed by atoms with Gasteiger partial charge in [0.25, 0.3) is 11.4 Å². The van der Waals surface area contributed by atoms with Gasteiger partial charge in [0.15, 0.2) is 10.0 Å². The zero-order valence-corrected chi connectivity index (χ0v) is 20.7. The Balaban J connectivity index is 0.000000294. The molecule has 0 aromatic heterocycles. The molecule has 2 aromatic rings. The highest BCUT2D eigenvalue weighted by Gasteiger charge is 2.21. The molecule has 0 saturated carbocycles. The summed E-state index contributed by atoms with van der Waals surface area (Å²) in [5.41, 5.74) is 8.93.